The summed E-state index contributed by atoms with van der Waals surface area (Å²) in [6.07, 6.45) is 5.93. The molecule has 17 heavy (non-hydrogen) atoms. The topological polar surface area (TPSA) is 49.3 Å². The highest BCUT2D eigenvalue weighted by molar-refractivity contribution is 7.12. The van der Waals surface area contributed by atoms with Crippen molar-refractivity contribution in [3.05, 3.63) is 21.9 Å². The van der Waals surface area contributed by atoms with Crippen LogP contribution in [0.15, 0.2) is 12.1 Å². The molecule has 0 radical (unpaired) electrons. The summed E-state index contributed by atoms with van der Waals surface area (Å²) in [4.78, 5) is 13.4. The van der Waals surface area contributed by atoms with Gasteiger partial charge in [-0.25, -0.2) is 0 Å². The molecule has 2 N–H and O–H groups in total. The Balaban J connectivity index is 2.04. The number of hydrogen-bond donors (Lipinski definition) is 2. The normalized spacial score (nSPS) is 19.1. The van der Waals surface area contributed by atoms with Gasteiger partial charge in [0.1, 0.15) is 6.04 Å². The second-order valence-electron chi connectivity index (χ2n) is 4.72. The highest BCUT2D eigenvalue weighted by atomic mass is 32.1. The second kappa shape index (κ2) is 5.65. The number of carbonyl (C=O) groups is 1. The molecule has 2 rings (SSSR count). The third kappa shape index (κ3) is 3.30. The van der Waals surface area contributed by atoms with E-state index in [1.54, 1.807) is 11.3 Å². The zero-order valence-corrected chi connectivity index (χ0v) is 10.9. The van der Waals surface area contributed by atoms with Crippen LogP contribution in [0.4, 0.5) is 0 Å². The van der Waals surface area contributed by atoms with E-state index in [4.69, 9.17) is 0 Å². The lowest BCUT2D eigenvalue weighted by molar-refractivity contribution is -0.139. The Kier molecular flexibility index (Phi) is 4.18. The Morgan fingerprint density at radius 1 is 1.41 bits per heavy atom. The van der Waals surface area contributed by atoms with Gasteiger partial charge in [0.25, 0.3) is 0 Å². The van der Waals surface area contributed by atoms with Crippen LogP contribution in [0.25, 0.3) is 0 Å². The lowest BCUT2D eigenvalue weighted by atomic mass is 9.95. The largest absolute Gasteiger partial charge is 0.480 e. The van der Waals surface area contributed by atoms with Crippen LogP contribution in [-0.4, -0.2) is 17.1 Å². The van der Waals surface area contributed by atoms with Crippen molar-refractivity contribution in [3.8, 4) is 0 Å². The molecular weight excluding hydrogens is 234 g/mol. The highest BCUT2D eigenvalue weighted by Gasteiger charge is 2.25. The van der Waals surface area contributed by atoms with E-state index < -0.39 is 12.0 Å². The predicted octanol–water partition coefficient (Wildman–Crippen LogP) is 3.10. The van der Waals surface area contributed by atoms with Crippen molar-refractivity contribution < 1.29 is 9.90 Å². The van der Waals surface area contributed by atoms with Crippen LogP contribution in [-0.2, 0) is 4.79 Å². The van der Waals surface area contributed by atoms with Gasteiger partial charge in [0.15, 0.2) is 0 Å². The fourth-order valence-electron chi connectivity index (χ4n) is 2.39. The molecule has 1 heterocycles. The van der Waals surface area contributed by atoms with Crippen molar-refractivity contribution in [1.82, 2.24) is 5.32 Å². The zero-order valence-electron chi connectivity index (χ0n) is 10.1. The summed E-state index contributed by atoms with van der Waals surface area (Å²) in [5, 5.41) is 12.6. The van der Waals surface area contributed by atoms with Gasteiger partial charge in [-0.1, -0.05) is 19.3 Å². The number of carboxylic acids is 1. The molecule has 1 fully saturated rings. The van der Waals surface area contributed by atoms with Crippen LogP contribution >= 0.6 is 11.3 Å². The maximum Gasteiger partial charge on any atom is 0.326 e. The first kappa shape index (κ1) is 12.6. The fraction of sp³-hybridized carbons (Fsp3) is 0.615. The van der Waals surface area contributed by atoms with Crippen LogP contribution in [0.5, 0.6) is 0 Å². The Hall–Kier alpha value is -0.870. The Morgan fingerprint density at radius 3 is 2.65 bits per heavy atom. The average molecular weight is 253 g/mol. The maximum absolute atomic E-state index is 11.3. The molecule has 1 aliphatic rings. The third-order valence-corrected chi connectivity index (χ3v) is 4.37. The summed E-state index contributed by atoms with van der Waals surface area (Å²) in [6.45, 7) is 2.01. The highest BCUT2D eigenvalue weighted by Crippen LogP contribution is 2.26. The van der Waals surface area contributed by atoms with Gasteiger partial charge in [-0.3, -0.25) is 10.1 Å². The third-order valence-electron chi connectivity index (χ3n) is 3.30. The van der Waals surface area contributed by atoms with E-state index in [2.05, 4.69) is 5.32 Å². The number of aryl methyl sites for hydroxylation is 1. The molecule has 1 aromatic rings. The smallest absolute Gasteiger partial charge is 0.326 e. The van der Waals surface area contributed by atoms with Gasteiger partial charge in [-0.2, -0.15) is 0 Å². The molecule has 1 aliphatic carbocycles. The minimum Gasteiger partial charge on any atom is -0.480 e. The molecule has 1 unspecified atom stereocenters. The molecule has 1 saturated carbocycles. The molecule has 0 spiro atoms. The SMILES string of the molecule is Cc1ccc(C(NC2CCCCC2)C(=O)O)s1. The van der Waals surface area contributed by atoms with Gasteiger partial charge in [0.05, 0.1) is 0 Å². The van der Waals surface area contributed by atoms with Crippen LogP contribution in [0, 0.1) is 6.92 Å². The summed E-state index contributed by atoms with van der Waals surface area (Å²) < 4.78 is 0. The minimum absolute atomic E-state index is 0.368. The predicted molar refractivity (Wildman–Crippen MR) is 69.4 cm³/mol. The van der Waals surface area contributed by atoms with Crippen molar-refractivity contribution in [3.63, 3.8) is 0 Å². The van der Waals surface area contributed by atoms with E-state index in [0.717, 1.165) is 22.6 Å². The van der Waals surface area contributed by atoms with Crippen LogP contribution in [0.2, 0.25) is 0 Å². The zero-order chi connectivity index (χ0) is 12.3. The van der Waals surface area contributed by atoms with Crippen molar-refractivity contribution in [1.29, 1.82) is 0 Å². The average Bonchev–Trinajstić information content (AvgIpc) is 2.73. The van der Waals surface area contributed by atoms with Gasteiger partial charge in [0, 0.05) is 15.8 Å². The second-order valence-corrected chi connectivity index (χ2v) is 6.04. The van der Waals surface area contributed by atoms with E-state index in [-0.39, 0.29) is 0 Å². The number of nitrogens with one attached hydrogen (secondary N) is 1. The standard InChI is InChI=1S/C13H19NO2S/c1-9-7-8-11(17-9)12(13(15)16)14-10-5-3-2-4-6-10/h7-8,10,12,14H,2-6H2,1H3,(H,15,16). The number of thiophene rings is 1. The molecule has 0 amide bonds. The van der Waals surface area contributed by atoms with Gasteiger partial charge in [-0.15, -0.1) is 11.3 Å². The van der Waals surface area contributed by atoms with E-state index >= 15 is 0 Å². The minimum atomic E-state index is -0.766. The first-order valence-electron chi connectivity index (χ1n) is 6.22. The molecule has 0 aromatic carbocycles. The monoisotopic (exact) mass is 253 g/mol. The summed E-state index contributed by atoms with van der Waals surface area (Å²) in [5.41, 5.74) is 0. The van der Waals surface area contributed by atoms with Crippen molar-refractivity contribution >= 4 is 17.3 Å². The number of carboxylic acid groups (broad SMARTS) is 1. The molecule has 1 atom stereocenters. The van der Waals surface area contributed by atoms with Gasteiger partial charge < -0.3 is 5.11 Å². The molecule has 0 saturated heterocycles. The molecular formula is C13H19NO2S. The van der Waals surface area contributed by atoms with Crippen molar-refractivity contribution in [2.45, 2.75) is 51.1 Å². The first-order chi connectivity index (χ1) is 8.16. The van der Waals surface area contributed by atoms with Gasteiger partial charge >= 0.3 is 5.97 Å². The van der Waals surface area contributed by atoms with Crippen molar-refractivity contribution in [2.24, 2.45) is 0 Å². The van der Waals surface area contributed by atoms with E-state index in [1.807, 2.05) is 19.1 Å². The van der Waals surface area contributed by atoms with E-state index in [0.29, 0.717) is 6.04 Å². The maximum atomic E-state index is 11.3. The summed E-state index contributed by atoms with van der Waals surface area (Å²) >= 11 is 1.57. The summed E-state index contributed by atoms with van der Waals surface area (Å²) in [5.74, 6) is -0.766. The molecule has 0 aliphatic heterocycles. The Bertz CT molecular complexity index is 383. The van der Waals surface area contributed by atoms with E-state index in [1.165, 1.54) is 19.3 Å². The summed E-state index contributed by atoms with van der Waals surface area (Å²) in [6, 6.07) is 3.75. The molecule has 94 valence electrons. The fourth-order valence-corrected chi connectivity index (χ4v) is 3.32. The van der Waals surface area contributed by atoms with Crippen molar-refractivity contribution in [2.75, 3.05) is 0 Å². The quantitative estimate of drug-likeness (QED) is 0.867. The molecule has 3 nitrogen and oxygen atoms in total. The van der Waals surface area contributed by atoms with Gasteiger partial charge in [0.2, 0.25) is 0 Å². The first-order valence-corrected chi connectivity index (χ1v) is 7.03. The lowest BCUT2D eigenvalue weighted by Crippen LogP contribution is -2.37. The number of rotatable bonds is 4. The summed E-state index contributed by atoms with van der Waals surface area (Å²) in [7, 11) is 0. The lowest BCUT2D eigenvalue weighted by Gasteiger charge is -2.26. The van der Waals surface area contributed by atoms with Crippen LogP contribution in [0.1, 0.15) is 47.9 Å². The number of aliphatic carboxylic acids is 1. The Morgan fingerprint density at radius 2 is 2.12 bits per heavy atom. The Labute approximate surface area is 106 Å². The van der Waals surface area contributed by atoms with Gasteiger partial charge in [-0.05, 0) is 31.9 Å². The van der Waals surface area contributed by atoms with E-state index in [9.17, 15) is 9.90 Å². The van der Waals surface area contributed by atoms with Crippen LogP contribution in [0.3, 0.4) is 0 Å². The molecule has 1 aromatic heterocycles. The molecule has 4 heteroatoms. The molecule has 0 bridgehead atoms. The number of hydrogen-bond acceptors (Lipinski definition) is 3. The van der Waals surface area contributed by atoms with Crippen LogP contribution < -0.4 is 5.32 Å².